The van der Waals surface area contributed by atoms with Crippen LogP contribution in [0.2, 0.25) is 0 Å². The number of hydrogen-bond donors (Lipinski definition) is 1. The third kappa shape index (κ3) is 3.30. The summed E-state index contributed by atoms with van der Waals surface area (Å²) in [7, 11) is 1.71. The van der Waals surface area contributed by atoms with Crippen molar-refractivity contribution in [1.82, 2.24) is 10.2 Å². The third-order valence-electron chi connectivity index (χ3n) is 3.55. The van der Waals surface area contributed by atoms with Crippen molar-refractivity contribution in [2.75, 3.05) is 33.4 Å². The molecule has 1 amide bonds. The summed E-state index contributed by atoms with van der Waals surface area (Å²) in [5, 5.41) is 3.32. The maximum absolute atomic E-state index is 12.2. The van der Waals surface area contributed by atoms with E-state index in [9.17, 15) is 4.79 Å². The number of methoxy groups -OCH3 is 1. The van der Waals surface area contributed by atoms with Crippen molar-refractivity contribution in [1.29, 1.82) is 0 Å². The number of piperidine rings is 1. The van der Waals surface area contributed by atoms with E-state index in [2.05, 4.69) is 11.4 Å². The molecule has 1 atom stereocenters. The summed E-state index contributed by atoms with van der Waals surface area (Å²) in [6.45, 7) is 3.26. The first-order chi connectivity index (χ1) is 8.31. The predicted molar refractivity (Wildman–Crippen MR) is 66.8 cm³/mol. The molecular weight excluding hydrogens is 216 g/mol. The molecular formula is C13H22N2O2. The van der Waals surface area contributed by atoms with Crippen LogP contribution < -0.4 is 5.32 Å². The van der Waals surface area contributed by atoms with E-state index >= 15 is 0 Å². The zero-order chi connectivity index (χ0) is 12.1. The summed E-state index contributed by atoms with van der Waals surface area (Å²) in [6.07, 6.45) is 6.44. The Labute approximate surface area is 103 Å². The van der Waals surface area contributed by atoms with Gasteiger partial charge in [-0.05, 0) is 31.4 Å². The smallest absolute Gasteiger partial charge is 0.239 e. The zero-order valence-electron chi connectivity index (χ0n) is 10.6. The molecule has 1 N–H and O–H groups in total. The van der Waals surface area contributed by atoms with E-state index in [1.54, 1.807) is 7.11 Å². The van der Waals surface area contributed by atoms with Crippen molar-refractivity contribution in [2.45, 2.75) is 31.7 Å². The Hall–Kier alpha value is -0.870. The van der Waals surface area contributed by atoms with Gasteiger partial charge in [0.2, 0.25) is 5.91 Å². The Bertz CT molecular complexity index is 296. The second-order valence-electron chi connectivity index (χ2n) is 4.83. The minimum absolute atomic E-state index is 0.0566. The SMILES string of the molecule is COCC1=CCN(C(=O)[C@H]2CCCCN2)CC1. The molecule has 0 bridgehead atoms. The minimum atomic E-state index is 0.0566. The zero-order valence-corrected chi connectivity index (χ0v) is 10.6. The molecule has 0 aromatic heterocycles. The van der Waals surface area contributed by atoms with Gasteiger partial charge in [0, 0.05) is 20.2 Å². The number of rotatable bonds is 3. The summed E-state index contributed by atoms with van der Waals surface area (Å²) >= 11 is 0. The van der Waals surface area contributed by atoms with Gasteiger partial charge in [0.25, 0.3) is 0 Å². The van der Waals surface area contributed by atoms with E-state index in [-0.39, 0.29) is 11.9 Å². The average Bonchev–Trinajstić information content (AvgIpc) is 2.40. The second-order valence-corrected chi connectivity index (χ2v) is 4.83. The first-order valence-electron chi connectivity index (χ1n) is 6.50. The van der Waals surface area contributed by atoms with E-state index in [0.717, 1.165) is 32.5 Å². The summed E-state index contributed by atoms with van der Waals surface area (Å²) in [4.78, 5) is 14.2. The molecule has 0 aliphatic carbocycles. The number of ether oxygens (including phenoxy) is 1. The molecule has 2 aliphatic heterocycles. The normalized spacial score (nSPS) is 25.6. The molecule has 1 saturated heterocycles. The van der Waals surface area contributed by atoms with Crippen molar-refractivity contribution in [3.63, 3.8) is 0 Å². The van der Waals surface area contributed by atoms with Crippen LogP contribution in [0.3, 0.4) is 0 Å². The summed E-state index contributed by atoms with van der Waals surface area (Å²) in [6, 6.07) is 0.0566. The van der Waals surface area contributed by atoms with Crippen LogP contribution in [0.15, 0.2) is 11.6 Å². The van der Waals surface area contributed by atoms with Gasteiger partial charge in [-0.25, -0.2) is 0 Å². The Balaban J connectivity index is 1.85. The lowest BCUT2D eigenvalue weighted by molar-refractivity contribution is -0.133. The number of nitrogens with zero attached hydrogens (tertiary/aromatic N) is 1. The van der Waals surface area contributed by atoms with Gasteiger partial charge < -0.3 is 15.0 Å². The van der Waals surface area contributed by atoms with Gasteiger partial charge in [0.05, 0.1) is 12.6 Å². The van der Waals surface area contributed by atoms with Crippen LogP contribution in [-0.4, -0.2) is 50.2 Å². The molecule has 17 heavy (non-hydrogen) atoms. The van der Waals surface area contributed by atoms with Crippen LogP contribution in [-0.2, 0) is 9.53 Å². The molecule has 4 nitrogen and oxygen atoms in total. The highest BCUT2D eigenvalue weighted by molar-refractivity contribution is 5.82. The van der Waals surface area contributed by atoms with Crippen molar-refractivity contribution in [3.05, 3.63) is 11.6 Å². The minimum Gasteiger partial charge on any atom is -0.380 e. The first kappa shape index (κ1) is 12.6. The molecule has 2 rings (SSSR count). The molecule has 1 fully saturated rings. The Morgan fingerprint density at radius 2 is 2.47 bits per heavy atom. The number of carbonyl (C=O) groups excluding carboxylic acids is 1. The Morgan fingerprint density at radius 3 is 3.06 bits per heavy atom. The summed E-state index contributed by atoms with van der Waals surface area (Å²) < 4.78 is 5.11. The fourth-order valence-corrected chi connectivity index (χ4v) is 2.51. The molecule has 4 heteroatoms. The molecule has 0 unspecified atom stereocenters. The van der Waals surface area contributed by atoms with Crippen LogP contribution in [0.1, 0.15) is 25.7 Å². The number of hydrogen-bond acceptors (Lipinski definition) is 3. The molecule has 0 radical (unpaired) electrons. The van der Waals surface area contributed by atoms with Crippen LogP contribution in [0, 0.1) is 0 Å². The monoisotopic (exact) mass is 238 g/mol. The molecule has 2 aliphatic rings. The average molecular weight is 238 g/mol. The molecule has 0 saturated carbocycles. The lowest BCUT2D eigenvalue weighted by atomic mass is 10.0. The van der Waals surface area contributed by atoms with Crippen molar-refractivity contribution in [3.8, 4) is 0 Å². The number of carbonyl (C=O) groups is 1. The standard InChI is InChI=1S/C13H22N2O2/c1-17-10-11-5-8-15(9-6-11)13(16)12-4-2-3-7-14-12/h5,12,14H,2-4,6-10H2,1H3/t12-/m1/s1. The highest BCUT2D eigenvalue weighted by Crippen LogP contribution is 2.15. The first-order valence-corrected chi connectivity index (χ1v) is 6.50. The maximum atomic E-state index is 12.2. The molecule has 0 aromatic rings. The topological polar surface area (TPSA) is 41.6 Å². The van der Waals surface area contributed by atoms with Gasteiger partial charge >= 0.3 is 0 Å². The van der Waals surface area contributed by atoms with E-state index < -0.39 is 0 Å². The van der Waals surface area contributed by atoms with Gasteiger partial charge in [-0.2, -0.15) is 0 Å². The predicted octanol–water partition coefficient (Wildman–Crippen LogP) is 0.934. The summed E-state index contributed by atoms with van der Waals surface area (Å²) in [5.74, 6) is 0.275. The van der Waals surface area contributed by atoms with E-state index in [0.29, 0.717) is 6.61 Å². The van der Waals surface area contributed by atoms with E-state index in [4.69, 9.17) is 4.74 Å². The second kappa shape index (κ2) is 6.17. The van der Waals surface area contributed by atoms with Gasteiger partial charge in [-0.15, -0.1) is 0 Å². The van der Waals surface area contributed by atoms with E-state index in [1.165, 1.54) is 18.4 Å². The van der Waals surface area contributed by atoms with Gasteiger partial charge in [0.1, 0.15) is 0 Å². The van der Waals surface area contributed by atoms with Crippen LogP contribution in [0.4, 0.5) is 0 Å². The van der Waals surface area contributed by atoms with E-state index in [1.807, 2.05) is 4.90 Å². The highest BCUT2D eigenvalue weighted by Gasteiger charge is 2.26. The third-order valence-corrected chi connectivity index (χ3v) is 3.55. The molecule has 2 heterocycles. The molecule has 0 aromatic carbocycles. The number of nitrogens with one attached hydrogen (secondary N) is 1. The Kier molecular flexibility index (Phi) is 4.57. The van der Waals surface area contributed by atoms with Crippen molar-refractivity contribution < 1.29 is 9.53 Å². The van der Waals surface area contributed by atoms with Crippen LogP contribution >= 0.6 is 0 Å². The van der Waals surface area contributed by atoms with Crippen LogP contribution in [0.5, 0.6) is 0 Å². The van der Waals surface area contributed by atoms with Crippen molar-refractivity contribution >= 4 is 5.91 Å². The fourth-order valence-electron chi connectivity index (χ4n) is 2.51. The highest BCUT2D eigenvalue weighted by atomic mass is 16.5. The summed E-state index contributed by atoms with van der Waals surface area (Å²) in [5.41, 5.74) is 1.31. The molecule has 96 valence electrons. The lowest BCUT2D eigenvalue weighted by Crippen LogP contribution is -2.49. The van der Waals surface area contributed by atoms with Gasteiger partial charge in [0.15, 0.2) is 0 Å². The van der Waals surface area contributed by atoms with Gasteiger partial charge in [-0.1, -0.05) is 12.5 Å². The fraction of sp³-hybridized carbons (Fsp3) is 0.769. The van der Waals surface area contributed by atoms with Crippen LogP contribution in [0.25, 0.3) is 0 Å². The Morgan fingerprint density at radius 1 is 1.59 bits per heavy atom. The lowest BCUT2D eigenvalue weighted by Gasteiger charge is -2.32. The van der Waals surface area contributed by atoms with Gasteiger partial charge in [-0.3, -0.25) is 4.79 Å². The quantitative estimate of drug-likeness (QED) is 0.744. The maximum Gasteiger partial charge on any atom is 0.239 e. The number of amides is 1. The van der Waals surface area contributed by atoms with Crippen molar-refractivity contribution in [2.24, 2.45) is 0 Å². The molecule has 0 spiro atoms. The largest absolute Gasteiger partial charge is 0.380 e.